The monoisotopic (exact) mass is 485 g/mol. The van der Waals surface area contributed by atoms with Crippen molar-refractivity contribution in [2.24, 2.45) is 5.16 Å². The summed E-state index contributed by atoms with van der Waals surface area (Å²) in [6.07, 6.45) is -0.572. The number of aliphatic hydroxyl groups excluding tert-OH is 1. The number of carbonyl (C=O) groups is 2. The molecule has 7 nitrogen and oxygen atoms in total. The molecule has 3 aromatic carbocycles. The Hall–Kier alpha value is -3.97. The summed E-state index contributed by atoms with van der Waals surface area (Å²) < 4.78 is 0. The van der Waals surface area contributed by atoms with Crippen LogP contribution in [0.3, 0.4) is 0 Å². The van der Waals surface area contributed by atoms with Gasteiger partial charge in [-0.05, 0) is 47.7 Å². The maximum atomic E-state index is 13.6. The molecular formula is C29H31N3O4. The molecule has 0 spiro atoms. The van der Waals surface area contributed by atoms with Crippen LogP contribution in [0, 0.1) is 13.8 Å². The van der Waals surface area contributed by atoms with E-state index < -0.39 is 12.1 Å². The molecular weight excluding hydrogens is 454 g/mol. The minimum Gasteiger partial charge on any atom is -0.399 e. The van der Waals surface area contributed by atoms with E-state index >= 15 is 0 Å². The third-order valence-electron chi connectivity index (χ3n) is 6.51. The molecule has 4 rings (SSSR count). The molecule has 0 bridgehead atoms. The van der Waals surface area contributed by atoms with Crippen molar-refractivity contribution in [2.75, 3.05) is 20.2 Å². The molecule has 186 valence electrons. The topological polar surface area (TPSA) is 91.2 Å². The van der Waals surface area contributed by atoms with E-state index in [9.17, 15) is 14.7 Å². The number of hydrogen-bond acceptors (Lipinski definition) is 5. The Morgan fingerprint density at radius 3 is 2.47 bits per heavy atom. The first kappa shape index (κ1) is 25.1. The molecule has 1 unspecified atom stereocenters. The zero-order chi connectivity index (χ0) is 25.7. The molecule has 36 heavy (non-hydrogen) atoms. The van der Waals surface area contributed by atoms with Gasteiger partial charge in [0.1, 0.15) is 13.2 Å². The van der Waals surface area contributed by atoms with E-state index in [0.29, 0.717) is 16.8 Å². The van der Waals surface area contributed by atoms with Crippen molar-refractivity contribution >= 4 is 17.5 Å². The SMILES string of the molecule is CON=C1C[C@@H](C(=O)NCC(O)c2ccccc2)N(C(=O)c2ccc(-c3ccccc3C)cc2C)C1. The van der Waals surface area contributed by atoms with Gasteiger partial charge in [0.15, 0.2) is 0 Å². The Balaban J connectivity index is 1.53. The maximum absolute atomic E-state index is 13.6. The van der Waals surface area contributed by atoms with Crippen molar-refractivity contribution in [3.63, 3.8) is 0 Å². The van der Waals surface area contributed by atoms with Crippen LogP contribution in [-0.4, -0.2) is 53.8 Å². The highest BCUT2D eigenvalue weighted by Crippen LogP contribution is 2.27. The Labute approximate surface area is 211 Å². The fourth-order valence-corrected chi connectivity index (χ4v) is 4.58. The molecule has 1 aliphatic rings. The summed E-state index contributed by atoms with van der Waals surface area (Å²) in [7, 11) is 1.44. The summed E-state index contributed by atoms with van der Waals surface area (Å²) >= 11 is 0. The van der Waals surface area contributed by atoms with Crippen LogP contribution in [0.1, 0.15) is 39.6 Å². The average Bonchev–Trinajstić information content (AvgIpc) is 3.32. The van der Waals surface area contributed by atoms with Gasteiger partial charge in [0, 0.05) is 18.5 Å². The van der Waals surface area contributed by atoms with Crippen LogP contribution in [0.4, 0.5) is 0 Å². The van der Waals surface area contributed by atoms with Gasteiger partial charge < -0.3 is 20.2 Å². The lowest BCUT2D eigenvalue weighted by Crippen LogP contribution is -2.47. The van der Waals surface area contributed by atoms with E-state index in [1.807, 2.05) is 55.5 Å². The first-order valence-electron chi connectivity index (χ1n) is 12.0. The second-order valence-electron chi connectivity index (χ2n) is 9.01. The lowest BCUT2D eigenvalue weighted by atomic mass is 9.96. The van der Waals surface area contributed by atoms with Crippen LogP contribution in [0.15, 0.2) is 78.0 Å². The Bertz CT molecular complexity index is 1270. The first-order chi connectivity index (χ1) is 17.4. The van der Waals surface area contributed by atoms with Crippen LogP contribution >= 0.6 is 0 Å². The largest absolute Gasteiger partial charge is 0.399 e. The lowest BCUT2D eigenvalue weighted by Gasteiger charge is -2.25. The highest BCUT2D eigenvalue weighted by molar-refractivity contribution is 6.06. The van der Waals surface area contributed by atoms with Gasteiger partial charge in [0.2, 0.25) is 5.91 Å². The van der Waals surface area contributed by atoms with Crippen molar-refractivity contribution in [3.8, 4) is 11.1 Å². The summed E-state index contributed by atoms with van der Waals surface area (Å²) in [5, 5.41) is 17.2. The van der Waals surface area contributed by atoms with Crippen LogP contribution in [-0.2, 0) is 9.63 Å². The number of likely N-dealkylation sites (tertiary alicyclic amines) is 1. The van der Waals surface area contributed by atoms with Crippen molar-refractivity contribution in [3.05, 3.63) is 95.1 Å². The second kappa shape index (κ2) is 11.2. The van der Waals surface area contributed by atoms with Gasteiger partial charge in [-0.25, -0.2) is 0 Å². The number of aryl methyl sites for hydroxylation is 2. The molecule has 0 saturated carbocycles. The third-order valence-corrected chi connectivity index (χ3v) is 6.51. The number of amides is 2. The maximum Gasteiger partial charge on any atom is 0.255 e. The van der Waals surface area contributed by atoms with Crippen molar-refractivity contribution in [1.29, 1.82) is 0 Å². The molecule has 0 radical (unpaired) electrons. The molecule has 1 saturated heterocycles. The molecule has 2 N–H and O–H groups in total. The van der Waals surface area contributed by atoms with E-state index in [2.05, 4.69) is 29.5 Å². The standard InChI is InChI=1S/C29H31N3O4/c1-19-9-7-8-12-24(19)22-13-14-25(20(2)15-22)29(35)32-18-23(31-36-3)16-26(32)28(34)30-17-27(33)21-10-5-4-6-11-21/h4-15,26-27,33H,16-18H2,1-3H3,(H,30,34)/t26-,27?/m0/s1. The van der Waals surface area contributed by atoms with Crippen LogP contribution in [0.25, 0.3) is 11.1 Å². The highest BCUT2D eigenvalue weighted by Gasteiger charge is 2.39. The lowest BCUT2D eigenvalue weighted by molar-refractivity contribution is -0.125. The fraction of sp³-hybridized carbons (Fsp3) is 0.276. The second-order valence-corrected chi connectivity index (χ2v) is 9.01. The molecule has 0 aliphatic carbocycles. The van der Waals surface area contributed by atoms with Gasteiger partial charge >= 0.3 is 0 Å². The van der Waals surface area contributed by atoms with Crippen LogP contribution in [0.5, 0.6) is 0 Å². The van der Waals surface area contributed by atoms with Gasteiger partial charge in [-0.2, -0.15) is 0 Å². The van der Waals surface area contributed by atoms with E-state index in [1.54, 1.807) is 12.1 Å². The minimum absolute atomic E-state index is 0.0439. The summed E-state index contributed by atoms with van der Waals surface area (Å²) in [6, 6.07) is 22.3. The normalized spacial score (nSPS) is 17.2. The summed E-state index contributed by atoms with van der Waals surface area (Å²) in [4.78, 5) is 33.2. The zero-order valence-electron chi connectivity index (χ0n) is 20.8. The number of oxime groups is 1. The van der Waals surface area contributed by atoms with Crippen molar-refractivity contribution in [2.45, 2.75) is 32.4 Å². The number of nitrogens with zero attached hydrogens (tertiary/aromatic N) is 2. The molecule has 1 fully saturated rings. The summed E-state index contributed by atoms with van der Waals surface area (Å²) in [5.74, 6) is -0.581. The smallest absolute Gasteiger partial charge is 0.255 e. The van der Waals surface area contributed by atoms with Gasteiger partial charge in [0.25, 0.3) is 5.91 Å². The molecule has 2 amide bonds. The van der Waals surface area contributed by atoms with Gasteiger partial charge in [-0.1, -0.05) is 71.9 Å². The number of benzene rings is 3. The zero-order valence-corrected chi connectivity index (χ0v) is 20.8. The van der Waals surface area contributed by atoms with E-state index in [1.165, 1.54) is 12.0 Å². The molecule has 1 heterocycles. The molecule has 0 aromatic heterocycles. The molecule has 1 aliphatic heterocycles. The Kier molecular flexibility index (Phi) is 7.80. The predicted molar refractivity (Wildman–Crippen MR) is 140 cm³/mol. The summed E-state index contributed by atoms with van der Waals surface area (Å²) in [6.45, 7) is 4.20. The van der Waals surface area contributed by atoms with E-state index in [0.717, 1.165) is 22.3 Å². The third kappa shape index (κ3) is 5.47. The highest BCUT2D eigenvalue weighted by atomic mass is 16.6. The van der Waals surface area contributed by atoms with E-state index in [-0.39, 0.29) is 31.3 Å². The van der Waals surface area contributed by atoms with Gasteiger partial charge in [0.05, 0.1) is 18.4 Å². The Morgan fingerprint density at radius 1 is 1.06 bits per heavy atom. The minimum atomic E-state index is -0.843. The number of rotatable bonds is 7. The summed E-state index contributed by atoms with van der Waals surface area (Å²) in [5.41, 5.74) is 6.00. The Morgan fingerprint density at radius 2 is 1.78 bits per heavy atom. The quantitative estimate of drug-likeness (QED) is 0.494. The number of carbonyl (C=O) groups excluding carboxylic acids is 2. The number of aliphatic hydroxyl groups is 1. The van der Waals surface area contributed by atoms with Crippen LogP contribution < -0.4 is 5.32 Å². The fourth-order valence-electron chi connectivity index (χ4n) is 4.58. The molecule has 2 atom stereocenters. The van der Waals surface area contributed by atoms with Gasteiger partial charge in [-0.3, -0.25) is 9.59 Å². The van der Waals surface area contributed by atoms with Gasteiger partial charge in [-0.15, -0.1) is 0 Å². The number of nitrogens with one attached hydrogen (secondary N) is 1. The molecule has 3 aromatic rings. The van der Waals surface area contributed by atoms with Crippen LogP contribution in [0.2, 0.25) is 0 Å². The average molecular weight is 486 g/mol. The van der Waals surface area contributed by atoms with Crippen molar-refractivity contribution < 1.29 is 19.5 Å². The predicted octanol–water partition coefficient (Wildman–Crippen LogP) is 4.04. The van der Waals surface area contributed by atoms with E-state index in [4.69, 9.17) is 4.84 Å². The first-order valence-corrected chi connectivity index (χ1v) is 12.0. The van der Waals surface area contributed by atoms with Crippen molar-refractivity contribution in [1.82, 2.24) is 10.2 Å². The molecule has 7 heteroatoms. The number of hydrogen-bond donors (Lipinski definition) is 2.